The van der Waals surface area contributed by atoms with Crippen molar-refractivity contribution in [2.75, 3.05) is 16.4 Å². The Balaban J connectivity index is 1.44. The van der Waals surface area contributed by atoms with Crippen LogP contribution in [0.25, 0.3) is 11.4 Å². The molecule has 0 saturated carbocycles. The Morgan fingerprint density at radius 2 is 1.74 bits per heavy atom. The molecule has 3 aromatic carbocycles. The first-order valence-corrected chi connectivity index (χ1v) is 12.0. The van der Waals surface area contributed by atoms with Gasteiger partial charge in [-0.3, -0.25) is 14.2 Å². The number of carbonyl (C=O) groups excluding carboxylic acids is 2. The molecule has 8 heteroatoms. The van der Waals surface area contributed by atoms with Gasteiger partial charge in [-0.25, -0.2) is 0 Å². The lowest BCUT2D eigenvalue weighted by Gasteiger charge is -2.12. The van der Waals surface area contributed by atoms with Crippen molar-refractivity contribution in [3.63, 3.8) is 0 Å². The second kappa shape index (κ2) is 11.3. The average molecular weight is 484 g/mol. The number of amides is 2. The second-order valence-electron chi connectivity index (χ2n) is 7.78. The number of para-hydroxylation sites is 1. The Labute approximate surface area is 208 Å². The first-order valence-electron chi connectivity index (χ1n) is 11.0. The molecule has 4 rings (SSSR count). The SMILES string of the molecule is C=CCn1c(SCC(=O)Nc2ccccc2C(=O)Nc2cccc(C)c2)nnc1-c1ccccc1. The van der Waals surface area contributed by atoms with E-state index in [9.17, 15) is 9.59 Å². The number of aryl methyl sites for hydroxylation is 1. The highest BCUT2D eigenvalue weighted by Crippen LogP contribution is 2.25. The zero-order chi connectivity index (χ0) is 24.6. The van der Waals surface area contributed by atoms with Gasteiger partial charge in [0.25, 0.3) is 5.91 Å². The van der Waals surface area contributed by atoms with Crippen molar-refractivity contribution >= 4 is 35.0 Å². The van der Waals surface area contributed by atoms with Gasteiger partial charge in [-0.15, -0.1) is 16.8 Å². The number of allylic oxidation sites excluding steroid dienone is 1. The Bertz CT molecular complexity index is 1350. The van der Waals surface area contributed by atoms with E-state index in [1.807, 2.05) is 66.1 Å². The summed E-state index contributed by atoms with van der Waals surface area (Å²) in [6.45, 7) is 6.30. The standard InChI is InChI=1S/C27H25N5O2S/c1-3-16-32-25(20-11-5-4-6-12-20)30-31-27(32)35-18-24(33)29-23-15-8-7-14-22(23)26(34)28-21-13-9-10-19(2)17-21/h3-15,17H,1,16,18H2,2H3,(H,28,34)(H,29,33). The van der Waals surface area contributed by atoms with Crippen LogP contribution in [0.5, 0.6) is 0 Å². The molecule has 4 aromatic rings. The molecule has 0 fully saturated rings. The van der Waals surface area contributed by atoms with Crippen molar-refractivity contribution in [3.05, 3.63) is 103 Å². The molecule has 176 valence electrons. The highest BCUT2D eigenvalue weighted by molar-refractivity contribution is 7.99. The summed E-state index contributed by atoms with van der Waals surface area (Å²) in [7, 11) is 0. The van der Waals surface area contributed by atoms with Gasteiger partial charge in [-0.05, 0) is 36.8 Å². The average Bonchev–Trinajstić information content (AvgIpc) is 3.26. The van der Waals surface area contributed by atoms with E-state index in [0.717, 1.165) is 11.1 Å². The van der Waals surface area contributed by atoms with E-state index in [1.165, 1.54) is 11.8 Å². The summed E-state index contributed by atoms with van der Waals surface area (Å²) in [5.41, 5.74) is 3.50. The third-order valence-corrected chi connectivity index (χ3v) is 6.08. The van der Waals surface area contributed by atoms with E-state index in [1.54, 1.807) is 30.3 Å². The topological polar surface area (TPSA) is 88.9 Å². The van der Waals surface area contributed by atoms with Crippen LogP contribution in [0.3, 0.4) is 0 Å². The number of rotatable bonds is 9. The van der Waals surface area contributed by atoms with Crippen LogP contribution in [0.1, 0.15) is 15.9 Å². The molecule has 0 aliphatic heterocycles. The summed E-state index contributed by atoms with van der Waals surface area (Å²) in [6.07, 6.45) is 1.77. The molecule has 0 radical (unpaired) electrons. The van der Waals surface area contributed by atoms with Crippen molar-refractivity contribution in [3.8, 4) is 11.4 Å². The number of anilines is 2. The molecular weight excluding hydrogens is 458 g/mol. The van der Waals surface area contributed by atoms with E-state index in [0.29, 0.717) is 34.5 Å². The van der Waals surface area contributed by atoms with Crippen LogP contribution in [0, 0.1) is 6.92 Å². The minimum atomic E-state index is -0.294. The van der Waals surface area contributed by atoms with Gasteiger partial charge in [-0.1, -0.05) is 72.4 Å². The fraction of sp³-hybridized carbons (Fsp3) is 0.111. The van der Waals surface area contributed by atoms with Gasteiger partial charge in [0.15, 0.2) is 11.0 Å². The predicted octanol–water partition coefficient (Wildman–Crippen LogP) is 5.42. The minimum Gasteiger partial charge on any atom is -0.325 e. The van der Waals surface area contributed by atoms with Crippen LogP contribution in [0.4, 0.5) is 11.4 Å². The van der Waals surface area contributed by atoms with Crippen LogP contribution in [-0.4, -0.2) is 32.3 Å². The van der Waals surface area contributed by atoms with Crippen LogP contribution in [0.15, 0.2) is 96.7 Å². The molecule has 1 aromatic heterocycles. The fourth-order valence-corrected chi connectivity index (χ4v) is 4.27. The van der Waals surface area contributed by atoms with Crippen molar-refractivity contribution in [1.29, 1.82) is 0 Å². The molecule has 0 unspecified atom stereocenters. The number of carbonyl (C=O) groups is 2. The Hall–Kier alpha value is -4.17. The molecular formula is C27H25N5O2S. The maximum Gasteiger partial charge on any atom is 0.257 e. The summed E-state index contributed by atoms with van der Waals surface area (Å²) in [4.78, 5) is 25.6. The molecule has 1 heterocycles. The highest BCUT2D eigenvalue weighted by Gasteiger charge is 2.17. The lowest BCUT2D eigenvalue weighted by atomic mass is 10.1. The number of nitrogens with zero attached hydrogens (tertiary/aromatic N) is 3. The Morgan fingerprint density at radius 1 is 0.971 bits per heavy atom. The van der Waals surface area contributed by atoms with Gasteiger partial charge in [0.2, 0.25) is 5.91 Å². The normalized spacial score (nSPS) is 10.5. The summed E-state index contributed by atoms with van der Waals surface area (Å²) < 4.78 is 1.92. The zero-order valence-corrected chi connectivity index (χ0v) is 20.1. The first kappa shape index (κ1) is 24.0. The molecule has 0 bridgehead atoms. The van der Waals surface area contributed by atoms with Crippen molar-refractivity contribution in [2.45, 2.75) is 18.6 Å². The van der Waals surface area contributed by atoms with E-state index < -0.39 is 0 Å². The highest BCUT2D eigenvalue weighted by atomic mass is 32.2. The van der Waals surface area contributed by atoms with Gasteiger partial charge in [0, 0.05) is 17.8 Å². The predicted molar refractivity (Wildman–Crippen MR) is 141 cm³/mol. The number of hydrogen-bond acceptors (Lipinski definition) is 5. The van der Waals surface area contributed by atoms with E-state index in [2.05, 4.69) is 27.4 Å². The van der Waals surface area contributed by atoms with E-state index >= 15 is 0 Å². The number of aromatic nitrogens is 3. The molecule has 2 N–H and O–H groups in total. The Morgan fingerprint density at radius 3 is 2.51 bits per heavy atom. The smallest absolute Gasteiger partial charge is 0.257 e. The van der Waals surface area contributed by atoms with Crippen molar-refractivity contribution in [2.24, 2.45) is 0 Å². The Kier molecular flexibility index (Phi) is 7.74. The molecule has 7 nitrogen and oxygen atoms in total. The molecule has 0 atom stereocenters. The third-order valence-electron chi connectivity index (χ3n) is 5.11. The molecule has 0 spiro atoms. The number of thioether (sulfide) groups is 1. The lowest BCUT2D eigenvalue weighted by Crippen LogP contribution is -2.19. The van der Waals surface area contributed by atoms with Crippen LogP contribution < -0.4 is 10.6 Å². The van der Waals surface area contributed by atoms with Crippen molar-refractivity contribution in [1.82, 2.24) is 14.8 Å². The minimum absolute atomic E-state index is 0.109. The maximum absolute atomic E-state index is 12.9. The van der Waals surface area contributed by atoms with Gasteiger partial charge < -0.3 is 10.6 Å². The van der Waals surface area contributed by atoms with Crippen LogP contribution >= 0.6 is 11.8 Å². The largest absolute Gasteiger partial charge is 0.325 e. The summed E-state index contributed by atoms with van der Waals surface area (Å²) >= 11 is 1.28. The second-order valence-corrected chi connectivity index (χ2v) is 8.72. The third kappa shape index (κ3) is 6.04. The van der Waals surface area contributed by atoms with E-state index in [-0.39, 0.29) is 17.6 Å². The maximum atomic E-state index is 12.9. The zero-order valence-electron chi connectivity index (χ0n) is 19.3. The van der Waals surface area contributed by atoms with Gasteiger partial charge >= 0.3 is 0 Å². The van der Waals surface area contributed by atoms with Gasteiger partial charge in [0.1, 0.15) is 0 Å². The van der Waals surface area contributed by atoms with Crippen LogP contribution in [0.2, 0.25) is 0 Å². The van der Waals surface area contributed by atoms with Gasteiger partial charge in [0.05, 0.1) is 17.0 Å². The molecule has 0 saturated heterocycles. The number of hydrogen-bond donors (Lipinski definition) is 2. The summed E-state index contributed by atoms with van der Waals surface area (Å²) in [5.74, 6) is 0.280. The first-order chi connectivity index (χ1) is 17.0. The summed E-state index contributed by atoms with van der Waals surface area (Å²) in [6, 6.07) is 24.2. The summed E-state index contributed by atoms with van der Waals surface area (Å²) in [5, 5.41) is 14.9. The van der Waals surface area contributed by atoms with E-state index in [4.69, 9.17) is 0 Å². The molecule has 0 aliphatic carbocycles. The fourth-order valence-electron chi connectivity index (χ4n) is 3.52. The number of benzene rings is 3. The monoisotopic (exact) mass is 483 g/mol. The van der Waals surface area contributed by atoms with Gasteiger partial charge in [-0.2, -0.15) is 0 Å². The quantitative estimate of drug-likeness (QED) is 0.245. The van der Waals surface area contributed by atoms with Crippen LogP contribution in [-0.2, 0) is 11.3 Å². The molecule has 2 amide bonds. The van der Waals surface area contributed by atoms with Crippen molar-refractivity contribution < 1.29 is 9.59 Å². The number of nitrogens with one attached hydrogen (secondary N) is 2. The lowest BCUT2D eigenvalue weighted by molar-refractivity contribution is -0.113. The molecule has 35 heavy (non-hydrogen) atoms. The molecule has 0 aliphatic rings.